The van der Waals surface area contributed by atoms with Gasteiger partial charge in [-0.25, -0.2) is 4.39 Å². The highest BCUT2D eigenvalue weighted by atomic mass is 127. The Morgan fingerprint density at radius 3 is 2.82 bits per heavy atom. The Bertz CT molecular complexity index is 564. The molecule has 1 aromatic heterocycles. The predicted octanol–water partition coefficient (Wildman–Crippen LogP) is 1.96. The quantitative estimate of drug-likeness (QED) is 0.508. The van der Waals surface area contributed by atoms with Gasteiger partial charge in [-0.05, 0) is 46.4 Å². The van der Waals surface area contributed by atoms with Gasteiger partial charge in [-0.3, -0.25) is 10.1 Å². The third-order valence-corrected chi connectivity index (χ3v) is 2.77. The standard InChI is InChI=1S/C11H10FIN4/c12-9-2-7(1-8(3-9)11(14)15)5-17-6-10(13)4-16-17/h1-4,6H,5H2,(H3,14,15). The second kappa shape index (κ2) is 4.82. The first-order valence-electron chi connectivity index (χ1n) is 4.86. The van der Waals surface area contributed by atoms with Gasteiger partial charge in [-0.1, -0.05) is 0 Å². The fourth-order valence-corrected chi connectivity index (χ4v) is 1.96. The molecule has 1 heterocycles. The summed E-state index contributed by atoms with van der Waals surface area (Å²) in [7, 11) is 0. The molecule has 6 heteroatoms. The molecule has 3 N–H and O–H groups in total. The van der Waals surface area contributed by atoms with Crippen molar-refractivity contribution in [2.24, 2.45) is 5.73 Å². The van der Waals surface area contributed by atoms with E-state index in [0.29, 0.717) is 12.1 Å². The van der Waals surface area contributed by atoms with Crippen LogP contribution in [0, 0.1) is 14.8 Å². The highest BCUT2D eigenvalue weighted by Gasteiger charge is 2.04. The minimum Gasteiger partial charge on any atom is -0.384 e. The number of benzene rings is 1. The van der Waals surface area contributed by atoms with Crippen molar-refractivity contribution in [2.75, 3.05) is 0 Å². The normalized spacial score (nSPS) is 10.5. The zero-order valence-corrected chi connectivity index (χ0v) is 11.0. The summed E-state index contributed by atoms with van der Waals surface area (Å²) in [5.41, 5.74) is 6.46. The van der Waals surface area contributed by atoms with E-state index in [9.17, 15) is 4.39 Å². The second-order valence-corrected chi connectivity index (χ2v) is 4.86. The van der Waals surface area contributed by atoms with Crippen LogP contribution in [0.3, 0.4) is 0 Å². The maximum Gasteiger partial charge on any atom is 0.124 e. The zero-order valence-electron chi connectivity index (χ0n) is 8.82. The lowest BCUT2D eigenvalue weighted by atomic mass is 10.1. The number of halogens is 2. The van der Waals surface area contributed by atoms with Crippen molar-refractivity contribution in [3.63, 3.8) is 0 Å². The van der Waals surface area contributed by atoms with Crippen molar-refractivity contribution in [2.45, 2.75) is 6.54 Å². The Hall–Kier alpha value is -1.44. The van der Waals surface area contributed by atoms with Crippen LogP contribution < -0.4 is 5.73 Å². The van der Waals surface area contributed by atoms with Crippen molar-refractivity contribution in [3.05, 3.63) is 51.1 Å². The Labute approximate surface area is 111 Å². The molecule has 0 aliphatic rings. The molecule has 0 radical (unpaired) electrons. The van der Waals surface area contributed by atoms with Gasteiger partial charge in [0.1, 0.15) is 11.7 Å². The fraction of sp³-hybridized carbons (Fsp3) is 0.0909. The lowest BCUT2D eigenvalue weighted by Gasteiger charge is -2.05. The molecule has 17 heavy (non-hydrogen) atoms. The van der Waals surface area contributed by atoms with Crippen LogP contribution in [0.2, 0.25) is 0 Å². The van der Waals surface area contributed by atoms with Crippen LogP contribution in [-0.2, 0) is 6.54 Å². The monoisotopic (exact) mass is 344 g/mol. The Kier molecular flexibility index (Phi) is 3.41. The molecule has 0 aliphatic carbocycles. The third-order valence-electron chi connectivity index (χ3n) is 2.21. The van der Waals surface area contributed by atoms with Gasteiger partial charge in [-0.15, -0.1) is 0 Å². The number of rotatable bonds is 3. The SMILES string of the molecule is N=C(N)c1cc(F)cc(Cn2cc(I)cn2)c1. The van der Waals surface area contributed by atoms with Crippen LogP contribution in [0.4, 0.5) is 4.39 Å². The molecule has 0 spiro atoms. The van der Waals surface area contributed by atoms with E-state index in [1.54, 1.807) is 16.9 Å². The maximum atomic E-state index is 13.3. The van der Waals surface area contributed by atoms with Gasteiger partial charge in [0.15, 0.2) is 0 Å². The van der Waals surface area contributed by atoms with E-state index in [1.165, 1.54) is 12.1 Å². The number of aromatic nitrogens is 2. The van der Waals surface area contributed by atoms with E-state index in [0.717, 1.165) is 9.13 Å². The summed E-state index contributed by atoms with van der Waals surface area (Å²) in [5.74, 6) is -0.532. The molecular formula is C11H10FIN4. The summed E-state index contributed by atoms with van der Waals surface area (Å²) in [6.45, 7) is 0.459. The van der Waals surface area contributed by atoms with Gasteiger partial charge >= 0.3 is 0 Å². The minimum absolute atomic E-state index is 0.138. The summed E-state index contributed by atoms with van der Waals surface area (Å²) in [5, 5.41) is 11.4. The third kappa shape index (κ3) is 3.02. The van der Waals surface area contributed by atoms with Crippen LogP contribution in [0.25, 0.3) is 0 Å². The molecule has 0 saturated heterocycles. The number of nitrogens with one attached hydrogen (secondary N) is 1. The van der Waals surface area contributed by atoms with Gasteiger partial charge in [0.25, 0.3) is 0 Å². The Morgan fingerprint density at radius 2 is 2.24 bits per heavy atom. The predicted molar refractivity (Wildman–Crippen MR) is 71.5 cm³/mol. The zero-order chi connectivity index (χ0) is 12.4. The van der Waals surface area contributed by atoms with E-state index in [-0.39, 0.29) is 5.84 Å². The average Bonchev–Trinajstić information content (AvgIpc) is 2.63. The Balaban J connectivity index is 2.29. The second-order valence-electron chi connectivity index (χ2n) is 3.62. The topological polar surface area (TPSA) is 67.7 Å². The maximum absolute atomic E-state index is 13.3. The number of nitrogen functional groups attached to an aromatic ring is 1. The lowest BCUT2D eigenvalue weighted by molar-refractivity contribution is 0.619. The van der Waals surface area contributed by atoms with E-state index in [2.05, 4.69) is 27.7 Å². The molecule has 0 amide bonds. The number of hydrogen-bond donors (Lipinski definition) is 2. The number of hydrogen-bond acceptors (Lipinski definition) is 2. The summed E-state index contributed by atoms with van der Waals surface area (Å²) in [6.07, 6.45) is 3.59. The van der Waals surface area contributed by atoms with E-state index < -0.39 is 5.82 Å². The van der Waals surface area contributed by atoms with E-state index in [4.69, 9.17) is 11.1 Å². The van der Waals surface area contributed by atoms with Gasteiger partial charge in [0.2, 0.25) is 0 Å². The molecule has 0 unspecified atom stereocenters. The minimum atomic E-state index is -0.394. The molecule has 0 saturated carbocycles. The van der Waals surface area contributed by atoms with Crippen molar-refractivity contribution in [3.8, 4) is 0 Å². The fourth-order valence-electron chi connectivity index (χ4n) is 1.51. The highest BCUT2D eigenvalue weighted by Crippen LogP contribution is 2.11. The van der Waals surface area contributed by atoms with Crippen molar-refractivity contribution >= 4 is 28.4 Å². The number of nitrogens with zero attached hydrogens (tertiary/aromatic N) is 2. The van der Waals surface area contributed by atoms with Crippen LogP contribution in [0.5, 0.6) is 0 Å². The van der Waals surface area contributed by atoms with Crippen LogP contribution in [0.1, 0.15) is 11.1 Å². The van der Waals surface area contributed by atoms with Gasteiger partial charge in [0, 0.05) is 11.8 Å². The molecule has 2 rings (SSSR count). The van der Waals surface area contributed by atoms with E-state index in [1.807, 2.05) is 6.20 Å². The summed E-state index contributed by atoms with van der Waals surface area (Å²) in [4.78, 5) is 0. The first-order chi connectivity index (χ1) is 8.04. The molecule has 4 nitrogen and oxygen atoms in total. The summed E-state index contributed by atoms with van der Waals surface area (Å²) >= 11 is 2.16. The van der Waals surface area contributed by atoms with Crippen LogP contribution in [-0.4, -0.2) is 15.6 Å². The van der Waals surface area contributed by atoms with Crippen molar-refractivity contribution in [1.29, 1.82) is 5.41 Å². The molecule has 88 valence electrons. The smallest absolute Gasteiger partial charge is 0.124 e. The molecule has 0 bridgehead atoms. The average molecular weight is 344 g/mol. The number of nitrogens with two attached hydrogens (primary N) is 1. The molecule has 2 aromatic rings. The first kappa shape index (κ1) is 12.0. The van der Waals surface area contributed by atoms with Crippen LogP contribution >= 0.6 is 22.6 Å². The largest absolute Gasteiger partial charge is 0.384 e. The first-order valence-corrected chi connectivity index (χ1v) is 5.94. The Morgan fingerprint density at radius 1 is 1.47 bits per heavy atom. The summed E-state index contributed by atoms with van der Waals surface area (Å²) < 4.78 is 16.0. The van der Waals surface area contributed by atoms with Gasteiger partial charge in [0.05, 0.1) is 16.3 Å². The molecule has 0 aliphatic heterocycles. The van der Waals surface area contributed by atoms with Gasteiger partial charge < -0.3 is 5.73 Å². The molecule has 0 fully saturated rings. The molecular weight excluding hydrogens is 334 g/mol. The van der Waals surface area contributed by atoms with Crippen LogP contribution in [0.15, 0.2) is 30.6 Å². The van der Waals surface area contributed by atoms with E-state index >= 15 is 0 Å². The van der Waals surface area contributed by atoms with Crippen molar-refractivity contribution < 1.29 is 4.39 Å². The summed E-state index contributed by atoms with van der Waals surface area (Å²) in [6, 6.07) is 4.36. The van der Waals surface area contributed by atoms with Crippen molar-refractivity contribution in [1.82, 2.24) is 9.78 Å². The molecule has 1 aromatic carbocycles. The number of amidine groups is 1. The molecule has 0 atom stereocenters. The highest BCUT2D eigenvalue weighted by molar-refractivity contribution is 14.1. The van der Waals surface area contributed by atoms with Gasteiger partial charge in [-0.2, -0.15) is 5.10 Å². The lowest BCUT2D eigenvalue weighted by Crippen LogP contribution is -2.12.